The third kappa shape index (κ3) is 4.46. The molecule has 0 radical (unpaired) electrons. The predicted molar refractivity (Wildman–Crippen MR) is 82.6 cm³/mol. The summed E-state index contributed by atoms with van der Waals surface area (Å²) < 4.78 is 6.59. The summed E-state index contributed by atoms with van der Waals surface area (Å²) in [5, 5.41) is 3.26. The molecule has 1 aromatic rings. The second-order valence-corrected chi connectivity index (χ2v) is 7.66. The Morgan fingerprint density at radius 1 is 1.58 bits per heavy atom. The molecule has 1 unspecified atom stereocenters. The predicted octanol–water partition coefficient (Wildman–Crippen LogP) is 3.42. The molecular weight excluding hydrogens is 350 g/mol. The van der Waals surface area contributed by atoms with Gasteiger partial charge in [-0.15, -0.1) is 11.3 Å². The summed E-state index contributed by atoms with van der Waals surface area (Å²) in [4.78, 5) is 17.5. The lowest BCUT2D eigenvalue weighted by Gasteiger charge is -2.30. The number of hydrogen-bond acceptors (Lipinski definition) is 5. The molecule has 0 saturated heterocycles. The van der Waals surface area contributed by atoms with E-state index in [1.54, 1.807) is 25.5 Å². The van der Waals surface area contributed by atoms with Crippen LogP contribution in [0.25, 0.3) is 0 Å². The molecule has 0 aromatic carbocycles. The number of methoxy groups -OCH3 is 1. The van der Waals surface area contributed by atoms with Gasteiger partial charge in [0.05, 0.1) is 11.3 Å². The minimum atomic E-state index is -0.617. The number of carbonyl (C=O) groups excluding carboxylic acids is 1. The van der Waals surface area contributed by atoms with E-state index in [2.05, 4.69) is 15.9 Å². The van der Waals surface area contributed by atoms with Crippen LogP contribution in [0.3, 0.4) is 0 Å². The quantitative estimate of drug-likeness (QED) is 0.546. The number of nitrogens with zero attached hydrogens (tertiary/aromatic N) is 1. The van der Waals surface area contributed by atoms with Crippen molar-refractivity contribution in [3.8, 4) is 0 Å². The lowest BCUT2D eigenvalue weighted by Crippen LogP contribution is -2.43. The Bertz CT molecular complexity index is 427. The number of carbonyl (C=O) groups is 1. The molecule has 108 valence electrons. The van der Waals surface area contributed by atoms with Gasteiger partial charge in [-0.2, -0.15) is 0 Å². The standard InChI is InChI=1S/C12H18BrNO3S2/c1-12(6-7-16-3,11(15)14(2)17-4)19-10-9(13)5-8-18-10/h5,8H,6-7H2,1-4H3. The van der Waals surface area contributed by atoms with Crippen LogP contribution in [0, 0.1) is 0 Å². The van der Waals surface area contributed by atoms with Crippen molar-refractivity contribution in [3.63, 3.8) is 0 Å². The van der Waals surface area contributed by atoms with Crippen molar-refractivity contribution in [1.82, 2.24) is 5.06 Å². The van der Waals surface area contributed by atoms with Gasteiger partial charge in [-0.25, -0.2) is 5.06 Å². The summed E-state index contributed by atoms with van der Waals surface area (Å²) >= 11 is 6.64. The van der Waals surface area contributed by atoms with Gasteiger partial charge in [0, 0.05) is 25.2 Å². The van der Waals surface area contributed by atoms with Gasteiger partial charge < -0.3 is 4.74 Å². The normalized spacial score (nSPS) is 14.2. The first-order chi connectivity index (χ1) is 8.94. The van der Waals surface area contributed by atoms with Crippen molar-refractivity contribution in [2.24, 2.45) is 0 Å². The van der Waals surface area contributed by atoms with Gasteiger partial charge >= 0.3 is 0 Å². The molecule has 1 amide bonds. The molecule has 0 bridgehead atoms. The van der Waals surface area contributed by atoms with Gasteiger partial charge in [0.25, 0.3) is 5.91 Å². The van der Waals surface area contributed by atoms with Gasteiger partial charge in [0.15, 0.2) is 0 Å². The maximum absolute atomic E-state index is 12.5. The van der Waals surface area contributed by atoms with Gasteiger partial charge in [0.2, 0.25) is 0 Å². The highest BCUT2D eigenvalue weighted by atomic mass is 79.9. The zero-order valence-electron chi connectivity index (χ0n) is 11.4. The number of hydrogen-bond donors (Lipinski definition) is 0. The largest absolute Gasteiger partial charge is 0.385 e. The Morgan fingerprint density at radius 3 is 2.74 bits per heavy atom. The fourth-order valence-corrected chi connectivity index (χ4v) is 4.70. The molecule has 0 saturated carbocycles. The van der Waals surface area contributed by atoms with Crippen molar-refractivity contribution in [2.75, 3.05) is 27.9 Å². The third-order valence-corrected chi connectivity index (χ3v) is 6.36. The van der Waals surface area contributed by atoms with Crippen LogP contribution in [0.5, 0.6) is 0 Å². The summed E-state index contributed by atoms with van der Waals surface area (Å²) in [6, 6.07) is 1.98. The zero-order chi connectivity index (χ0) is 14.5. The van der Waals surface area contributed by atoms with Crippen molar-refractivity contribution in [1.29, 1.82) is 0 Å². The topological polar surface area (TPSA) is 38.8 Å². The van der Waals surface area contributed by atoms with Gasteiger partial charge in [-0.05, 0) is 40.7 Å². The highest BCUT2D eigenvalue weighted by Gasteiger charge is 2.37. The summed E-state index contributed by atoms with van der Waals surface area (Å²) in [5.41, 5.74) is 0. The summed E-state index contributed by atoms with van der Waals surface area (Å²) in [6.07, 6.45) is 0.616. The highest BCUT2D eigenvalue weighted by molar-refractivity contribution is 9.10. The van der Waals surface area contributed by atoms with Gasteiger partial charge in [-0.1, -0.05) is 11.8 Å². The van der Waals surface area contributed by atoms with E-state index in [9.17, 15) is 4.79 Å². The average molecular weight is 368 g/mol. The number of rotatable bonds is 7. The molecule has 0 aliphatic rings. The molecule has 4 nitrogen and oxygen atoms in total. The first-order valence-electron chi connectivity index (χ1n) is 5.68. The van der Waals surface area contributed by atoms with E-state index in [4.69, 9.17) is 9.57 Å². The smallest absolute Gasteiger partial charge is 0.262 e. The van der Waals surface area contributed by atoms with Crippen LogP contribution < -0.4 is 0 Å². The van der Waals surface area contributed by atoms with E-state index in [1.165, 1.54) is 23.9 Å². The molecule has 1 aromatic heterocycles. The first kappa shape index (κ1) is 17.0. The zero-order valence-corrected chi connectivity index (χ0v) is 14.7. The molecule has 1 rings (SSSR count). The Morgan fingerprint density at radius 2 is 2.26 bits per heavy atom. The maximum atomic E-state index is 12.5. The van der Waals surface area contributed by atoms with E-state index in [1.807, 2.05) is 18.4 Å². The molecule has 0 aliphatic heterocycles. The lowest BCUT2D eigenvalue weighted by molar-refractivity contribution is -0.171. The lowest BCUT2D eigenvalue weighted by atomic mass is 10.1. The Hall–Kier alpha value is -0.0800. The molecule has 0 N–H and O–H groups in total. The van der Waals surface area contributed by atoms with E-state index < -0.39 is 4.75 Å². The van der Waals surface area contributed by atoms with Crippen molar-refractivity contribution in [2.45, 2.75) is 22.3 Å². The van der Waals surface area contributed by atoms with Crippen LogP contribution in [0.4, 0.5) is 0 Å². The van der Waals surface area contributed by atoms with Crippen molar-refractivity contribution in [3.05, 3.63) is 15.9 Å². The second-order valence-electron chi connectivity index (χ2n) is 4.12. The summed E-state index contributed by atoms with van der Waals surface area (Å²) in [6.45, 7) is 2.44. The Kier molecular flexibility index (Phi) is 6.82. The molecular formula is C12H18BrNO3S2. The average Bonchev–Trinajstić information content (AvgIpc) is 2.80. The number of thiophene rings is 1. The molecule has 7 heteroatoms. The molecule has 0 fully saturated rings. The van der Waals surface area contributed by atoms with E-state index in [0.717, 1.165) is 8.68 Å². The van der Waals surface area contributed by atoms with Gasteiger partial charge in [-0.3, -0.25) is 9.63 Å². The number of thioether (sulfide) groups is 1. The fraction of sp³-hybridized carbons (Fsp3) is 0.583. The molecule has 0 aliphatic carbocycles. The molecule has 1 heterocycles. The number of hydroxylamine groups is 2. The van der Waals surface area contributed by atoms with Crippen LogP contribution in [0.1, 0.15) is 13.3 Å². The van der Waals surface area contributed by atoms with E-state index >= 15 is 0 Å². The maximum Gasteiger partial charge on any atom is 0.262 e. The molecule has 1 atom stereocenters. The second kappa shape index (κ2) is 7.64. The summed E-state index contributed by atoms with van der Waals surface area (Å²) in [5.74, 6) is -0.0719. The number of amides is 1. The number of ether oxygens (including phenoxy) is 1. The molecule has 0 spiro atoms. The van der Waals surface area contributed by atoms with Crippen LogP contribution in [0.2, 0.25) is 0 Å². The van der Waals surface area contributed by atoms with E-state index in [-0.39, 0.29) is 5.91 Å². The molecule has 19 heavy (non-hydrogen) atoms. The highest BCUT2D eigenvalue weighted by Crippen LogP contribution is 2.43. The fourth-order valence-electron chi connectivity index (χ4n) is 1.47. The minimum absolute atomic E-state index is 0.0719. The first-order valence-corrected chi connectivity index (χ1v) is 8.16. The Labute approximate surface area is 130 Å². The van der Waals surface area contributed by atoms with Crippen LogP contribution >= 0.6 is 39.0 Å². The minimum Gasteiger partial charge on any atom is -0.385 e. The van der Waals surface area contributed by atoms with Crippen LogP contribution in [-0.2, 0) is 14.4 Å². The number of halogens is 1. The van der Waals surface area contributed by atoms with Gasteiger partial charge in [0.1, 0.15) is 4.75 Å². The van der Waals surface area contributed by atoms with E-state index in [0.29, 0.717) is 13.0 Å². The van der Waals surface area contributed by atoms with Crippen molar-refractivity contribution >= 4 is 44.9 Å². The monoisotopic (exact) mass is 367 g/mol. The third-order valence-electron chi connectivity index (χ3n) is 2.70. The van der Waals surface area contributed by atoms with Crippen LogP contribution in [-0.4, -0.2) is 43.6 Å². The van der Waals surface area contributed by atoms with Crippen LogP contribution in [0.15, 0.2) is 20.1 Å². The van der Waals surface area contributed by atoms with Crippen molar-refractivity contribution < 1.29 is 14.4 Å². The SMILES string of the molecule is COCCC(C)(Sc1sccc1Br)C(=O)N(C)OC. The Balaban J connectivity index is 2.92. The summed E-state index contributed by atoms with van der Waals surface area (Å²) in [7, 11) is 4.74.